The second kappa shape index (κ2) is 9.32. The Balaban J connectivity index is 1.83. The minimum Gasteiger partial charge on any atom is -0.384 e. The molecule has 8 nitrogen and oxygen atoms in total. The Kier molecular flexibility index (Phi) is 6.84. The van der Waals surface area contributed by atoms with Gasteiger partial charge in [0.15, 0.2) is 0 Å². The van der Waals surface area contributed by atoms with E-state index in [1.165, 1.54) is 0 Å². The first-order valence-corrected chi connectivity index (χ1v) is 9.75. The molecule has 2 aliphatic rings. The van der Waals surface area contributed by atoms with E-state index in [9.17, 15) is 10.1 Å². The molecule has 0 amide bonds. The van der Waals surface area contributed by atoms with Crippen molar-refractivity contribution in [1.82, 2.24) is 4.98 Å². The van der Waals surface area contributed by atoms with Gasteiger partial charge in [0.25, 0.3) is 0 Å². The molecule has 27 heavy (non-hydrogen) atoms. The predicted molar refractivity (Wildman–Crippen MR) is 105 cm³/mol. The van der Waals surface area contributed by atoms with Gasteiger partial charge in [-0.1, -0.05) is 0 Å². The van der Waals surface area contributed by atoms with Crippen molar-refractivity contribution in [3.63, 3.8) is 0 Å². The summed E-state index contributed by atoms with van der Waals surface area (Å²) < 4.78 is 10.6. The molecule has 0 aromatic carbocycles. The molecule has 0 spiro atoms. The minimum atomic E-state index is -0.323. The molecular weight excluding hydrogens is 348 g/mol. The number of hydrogen-bond acceptors (Lipinski definition) is 7. The number of methoxy groups -OCH3 is 2. The number of nitrogens with zero attached hydrogens (tertiary/aromatic N) is 4. The Morgan fingerprint density at radius 2 is 1.67 bits per heavy atom. The van der Waals surface area contributed by atoms with Crippen molar-refractivity contribution in [2.24, 2.45) is 11.8 Å². The maximum absolute atomic E-state index is 11.6. The summed E-state index contributed by atoms with van der Waals surface area (Å²) in [6, 6.07) is 3.39. The monoisotopic (exact) mass is 378 g/mol. The van der Waals surface area contributed by atoms with E-state index in [1.54, 1.807) is 26.4 Å². The Labute approximate surface area is 160 Å². The third kappa shape index (κ3) is 4.87. The van der Waals surface area contributed by atoms with Crippen LogP contribution in [0, 0.1) is 22.0 Å². The van der Waals surface area contributed by atoms with Gasteiger partial charge in [-0.25, -0.2) is 4.98 Å². The molecule has 8 heteroatoms. The molecule has 2 saturated heterocycles. The van der Waals surface area contributed by atoms with E-state index in [0.717, 1.165) is 64.3 Å². The Hall–Kier alpha value is -1.93. The highest BCUT2D eigenvalue weighted by Crippen LogP contribution is 2.33. The van der Waals surface area contributed by atoms with Gasteiger partial charge in [-0.15, -0.1) is 0 Å². The number of rotatable bonds is 7. The van der Waals surface area contributed by atoms with Gasteiger partial charge in [-0.3, -0.25) is 10.1 Å². The summed E-state index contributed by atoms with van der Waals surface area (Å²) in [6.45, 7) is 4.76. The van der Waals surface area contributed by atoms with Crippen LogP contribution >= 0.6 is 0 Å². The first kappa shape index (κ1) is 19.8. The summed E-state index contributed by atoms with van der Waals surface area (Å²) in [5.74, 6) is 2.18. The van der Waals surface area contributed by atoms with Crippen molar-refractivity contribution in [1.29, 1.82) is 0 Å². The average molecular weight is 378 g/mol. The third-order valence-electron chi connectivity index (χ3n) is 5.50. The number of aromatic nitrogens is 1. The average Bonchev–Trinajstić information content (AvgIpc) is 2.68. The Morgan fingerprint density at radius 3 is 2.26 bits per heavy atom. The molecule has 0 aliphatic carbocycles. The zero-order valence-corrected chi connectivity index (χ0v) is 16.3. The minimum absolute atomic E-state index is 0.0854. The van der Waals surface area contributed by atoms with E-state index in [4.69, 9.17) is 14.5 Å². The normalized spacial score (nSPS) is 23.5. The van der Waals surface area contributed by atoms with Crippen LogP contribution in [0.15, 0.2) is 12.1 Å². The van der Waals surface area contributed by atoms with Gasteiger partial charge in [0, 0.05) is 46.5 Å². The number of pyridine rings is 1. The van der Waals surface area contributed by atoms with Crippen LogP contribution in [-0.4, -0.2) is 63.5 Å². The topological polar surface area (TPSA) is 81.0 Å². The lowest BCUT2D eigenvalue weighted by atomic mass is 9.98. The zero-order valence-electron chi connectivity index (χ0n) is 16.3. The molecule has 0 saturated carbocycles. The van der Waals surface area contributed by atoms with Crippen LogP contribution in [0.2, 0.25) is 0 Å². The van der Waals surface area contributed by atoms with Gasteiger partial charge in [-0.05, 0) is 43.6 Å². The van der Waals surface area contributed by atoms with E-state index in [1.807, 2.05) is 0 Å². The molecule has 1 aromatic rings. The third-order valence-corrected chi connectivity index (χ3v) is 5.50. The number of nitro groups is 1. The van der Waals surface area contributed by atoms with Crippen molar-refractivity contribution < 1.29 is 14.4 Å². The fraction of sp³-hybridized carbons (Fsp3) is 0.737. The van der Waals surface area contributed by atoms with Crippen LogP contribution in [0.25, 0.3) is 0 Å². The van der Waals surface area contributed by atoms with Crippen molar-refractivity contribution in [2.45, 2.75) is 25.7 Å². The molecule has 0 bridgehead atoms. The second-order valence-electron chi connectivity index (χ2n) is 7.59. The quantitative estimate of drug-likeness (QED) is 0.533. The van der Waals surface area contributed by atoms with Gasteiger partial charge in [0.1, 0.15) is 5.82 Å². The summed E-state index contributed by atoms with van der Waals surface area (Å²) in [4.78, 5) is 20.3. The second-order valence-corrected chi connectivity index (χ2v) is 7.59. The molecule has 0 radical (unpaired) electrons. The summed E-state index contributed by atoms with van der Waals surface area (Å²) in [5, 5.41) is 11.6. The number of anilines is 2. The van der Waals surface area contributed by atoms with Gasteiger partial charge >= 0.3 is 5.69 Å². The van der Waals surface area contributed by atoms with Crippen LogP contribution in [0.5, 0.6) is 0 Å². The SMILES string of the molecule is COC[C@H]1CCCN(c2nc(N3CCC[C@@H](COC)C3)ccc2[N+](=O)[O-])C1. The number of hydrogen-bond donors (Lipinski definition) is 0. The number of ether oxygens (including phenoxy) is 2. The molecule has 0 unspecified atom stereocenters. The molecule has 0 N–H and O–H groups in total. The first-order valence-electron chi connectivity index (χ1n) is 9.75. The van der Waals surface area contributed by atoms with E-state index in [0.29, 0.717) is 24.3 Å². The highest BCUT2D eigenvalue weighted by molar-refractivity contribution is 5.62. The van der Waals surface area contributed by atoms with Crippen LogP contribution in [0.3, 0.4) is 0 Å². The summed E-state index contributed by atoms with van der Waals surface area (Å²) >= 11 is 0. The molecule has 3 heterocycles. The Bertz CT molecular complexity index is 638. The van der Waals surface area contributed by atoms with Crippen molar-refractivity contribution in [2.75, 3.05) is 63.4 Å². The molecule has 1 aromatic heterocycles. The van der Waals surface area contributed by atoms with E-state index >= 15 is 0 Å². The Morgan fingerprint density at radius 1 is 1.07 bits per heavy atom. The largest absolute Gasteiger partial charge is 0.384 e. The zero-order chi connectivity index (χ0) is 19.2. The maximum Gasteiger partial charge on any atom is 0.311 e. The van der Waals surface area contributed by atoms with Crippen LogP contribution in [0.4, 0.5) is 17.3 Å². The fourth-order valence-electron chi connectivity index (χ4n) is 4.26. The van der Waals surface area contributed by atoms with Gasteiger partial charge in [-0.2, -0.15) is 0 Å². The molecular formula is C19H30N4O4. The van der Waals surface area contributed by atoms with Gasteiger partial charge in [0.05, 0.1) is 18.1 Å². The van der Waals surface area contributed by atoms with Crippen LogP contribution in [0.1, 0.15) is 25.7 Å². The molecule has 150 valence electrons. The highest BCUT2D eigenvalue weighted by atomic mass is 16.6. The van der Waals surface area contributed by atoms with Gasteiger partial charge < -0.3 is 19.3 Å². The molecule has 3 rings (SSSR count). The van der Waals surface area contributed by atoms with E-state index in [-0.39, 0.29) is 10.6 Å². The van der Waals surface area contributed by atoms with Crippen molar-refractivity contribution in [3.8, 4) is 0 Å². The number of piperidine rings is 2. The predicted octanol–water partition coefficient (Wildman–Crippen LogP) is 2.72. The first-order chi connectivity index (χ1) is 13.1. The lowest BCUT2D eigenvalue weighted by molar-refractivity contribution is -0.384. The lowest BCUT2D eigenvalue weighted by Crippen LogP contribution is -2.39. The molecule has 2 fully saturated rings. The smallest absolute Gasteiger partial charge is 0.311 e. The van der Waals surface area contributed by atoms with E-state index in [2.05, 4.69) is 9.80 Å². The van der Waals surface area contributed by atoms with E-state index < -0.39 is 0 Å². The van der Waals surface area contributed by atoms with Crippen LogP contribution in [-0.2, 0) is 9.47 Å². The molecule has 2 atom stereocenters. The standard InChI is InChI=1S/C19H30N4O4/c1-26-13-15-5-3-9-21(11-15)18-8-7-17(23(24)25)19(20-18)22-10-4-6-16(12-22)14-27-2/h7-8,15-16H,3-6,9-14H2,1-2H3/t15-,16+/m1/s1. The summed E-state index contributed by atoms with van der Waals surface area (Å²) in [6.07, 6.45) is 4.32. The lowest BCUT2D eigenvalue weighted by Gasteiger charge is -2.35. The van der Waals surface area contributed by atoms with Crippen LogP contribution < -0.4 is 9.80 Å². The summed E-state index contributed by atoms with van der Waals surface area (Å²) in [5.41, 5.74) is 0.0854. The molecule has 2 aliphatic heterocycles. The van der Waals surface area contributed by atoms with Gasteiger partial charge in [0.2, 0.25) is 5.82 Å². The van der Waals surface area contributed by atoms with Crippen molar-refractivity contribution >= 4 is 17.3 Å². The summed E-state index contributed by atoms with van der Waals surface area (Å²) in [7, 11) is 3.43. The fourth-order valence-corrected chi connectivity index (χ4v) is 4.26. The maximum atomic E-state index is 11.6. The van der Waals surface area contributed by atoms with Crippen molar-refractivity contribution in [3.05, 3.63) is 22.2 Å². The highest BCUT2D eigenvalue weighted by Gasteiger charge is 2.29.